The Morgan fingerprint density at radius 1 is 1.22 bits per heavy atom. The van der Waals surface area contributed by atoms with Crippen LogP contribution in [0.15, 0.2) is 30.3 Å². The number of nitrogens with one attached hydrogen (secondary N) is 1. The Labute approximate surface area is 108 Å². The van der Waals surface area contributed by atoms with Gasteiger partial charge in [0, 0.05) is 31.6 Å². The fraction of sp³-hybridized carbons (Fsp3) is 0.533. The molecular weight excluding hydrogens is 224 g/mol. The topological polar surface area (TPSA) is 32.3 Å². The quantitative estimate of drug-likeness (QED) is 0.862. The summed E-state index contributed by atoms with van der Waals surface area (Å²) in [4.78, 5) is 14.1. The summed E-state index contributed by atoms with van der Waals surface area (Å²) in [6.45, 7) is 2.11. The average Bonchev–Trinajstić information content (AvgIpc) is 2.64. The number of hydrogen-bond donors (Lipinski definition) is 1. The monoisotopic (exact) mass is 244 g/mol. The molecule has 1 aromatic rings. The molecule has 1 N–H and O–H groups in total. The third-order valence-electron chi connectivity index (χ3n) is 4.14. The molecule has 2 heterocycles. The predicted octanol–water partition coefficient (Wildman–Crippen LogP) is 1.93. The minimum absolute atomic E-state index is 0.240. The second-order valence-corrected chi connectivity index (χ2v) is 5.38. The maximum atomic E-state index is 11.6. The summed E-state index contributed by atoms with van der Waals surface area (Å²) in [5.74, 6) is 0.240. The molecule has 2 saturated heterocycles. The van der Waals surface area contributed by atoms with Crippen LogP contribution in [0.25, 0.3) is 0 Å². The van der Waals surface area contributed by atoms with Crippen LogP contribution >= 0.6 is 0 Å². The summed E-state index contributed by atoms with van der Waals surface area (Å²) in [6, 6.07) is 11.5. The largest absolute Gasteiger partial charge is 0.352 e. The lowest BCUT2D eigenvalue weighted by atomic mass is 10.0. The van der Waals surface area contributed by atoms with E-state index in [-0.39, 0.29) is 5.91 Å². The van der Waals surface area contributed by atoms with Crippen LogP contribution in [0.5, 0.6) is 0 Å². The van der Waals surface area contributed by atoms with E-state index >= 15 is 0 Å². The van der Waals surface area contributed by atoms with Gasteiger partial charge < -0.3 is 5.32 Å². The highest BCUT2D eigenvalue weighted by Gasteiger charge is 2.36. The second-order valence-electron chi connectivity index (χ2n) is 5.38. The molecule has 18 heavy (non-hydrogen) atoms. The van der Waals surface area contributed by atoms with E-state index in [1.165, 1.54) is 5.56 Å². The van der Waals surface area contributed by atoms with Crippen molar-refractivity contribution in [3.63, 3.8) is 0 Å². The second kappa shape index (κ2) is 5.11. The first-order valence-electron chi connectivity index (χ1n) is 6.90. The highest BCUT2D eigenvalue weighted by Crippen LogP contribution is 2.26. The molecule has 96 valence electrons. The molecule has 3 nitrogen and oxygen atoms in total. The molecule has 0 aromatic heterocycles. The van der Waals surface area contributed by atoms with Crippen molar-refractivity contribution in [1.82, 2.24) is 10.2 Å². The van der Waals surface area contributed by atoms with E-state index in [0.717, 1.165) is 32.4 Å². The fourth-order valence-corrected chi connectivity index (χ4v) is 3.23. The molecule has 2 aliphatic rings. The molecule has 0 unspecified atom stereocenters. The molecule has 3 rings (SSSR count). The van der Waals surface area contributed by atoms with Crippen LogP contribution in [0.4, 0.5) is 0 Å². The van der Waals surface area contributed by atoms with Gasteiger partial charge in [-0.3, -0.25) is 9.69 Å². The van der Waals surface area contributed by atoms with Crippen LogP contribution < -0.4 is 5.32 Å². The number of carbonyl (C=O) groups is 1. The van der Waals surface area contributed by atoms with Gasteiger partial charge in [0.15, 0.2) is 0 Å². The molecule has 0 radical (unpaired) electrons. The summed E-state index contributed by atoms with van der Waals surface area (Å²) in [6.07, 6.45) is 3.98. The zero-order valence-corrected chi connectivity index (χ0v) is 10.6. The van der Waals surface area contributed by atoms with E-state index < -0.39 is 0 Å². The number of nitrogens with zero attached hydrogens (tertiary/aromatic N) is 1. The Balaban J connectivity index is 1.69. The Hall–Kier alpha value is -1.35. The van der Waals surface area contributed by atoms with Crippen LogP contribution in [0.2, 0.25) is 0 Å². The number of fused-ring (bicyclic) bond motifs is 1. The van der Waals surface area contributed by atoms with Crippen LogP contribution in [0.1, 0.15) is 31.2 Å². The Morgan fingerprint density at radius 2 is 2.06 bits per heavy atom. The number of likely N-dealkylation sites (tertiary alicyclic amines) is 1. The summed E-state index contributed by atoms with van der Waals surface area (Å²) >= 11 is 0. The first-order chi connectivity index (χ1) is 8.83. The van der Waals surface area contributed by atoms with E-state index in [4.69, 9.17) is 0 Å². The fourth-order valence-electron chi connectivity index (χ4n) is 3.23. The lowest BCUT2D eigenvalue weighted by Gasteiger charge is -2.26. The highest BCUT2D eigenvalue weighted by atomic mass is 16.1. The van der Waals surface area contributed by atoms with Gasteiger partial charge in [-0.25, -0.2) is 0 Å². The van der Waals surface area contributed by atoms with Gasteiger partial charge in [0.05, 0.1) is 0 Å². The van der Waals surface area contributed by atoms with E-state index in [1.807, 2.05) is 0 Å². The smallest absolute Gasteiger partial charge is 0.220 e. The lowest BCUT2D eigenvalue weighted by molar-refractivity contribution is -0.121. The van der Waals surface area contributed by atoms with Crippen molar-refractivity contribution in [2.45, 2.75) is 44.3 Å². The van der Waals surface area contributed by atoms with Crippen LogP contribution in [-0.4, -0.2) is 29.4 Å². The van der Waals surface area contributed by atoms with Gasteiger partial charge in [0.2, 0.25) is 5.91 Å². The van der Waals surface area contributed by atoms with E-state index in [0.29, 0.717) is 18.5 Å². The van der Waals surface area contributed by atoms with Gasteiger partial charge in [0.25, 0.3) is 0 Å². The summed E-state index contributed by atoms with van der Waals surface area (Å²) < 4.78 is 0. The number of rotatable bonds is 2. The maximum absolute atomic E-state index is 11.6. The molecule has 0 aliphatic carbocycles. The molecule has 0 saturated carbocycles. The Bertz CT molecular complexity index is 418. The van der Waals surface area contributed by atoms with Gasteiger partial charge >= 0.3 is 0 Å². The molecular formula is C15H20N2O. The molecule has 1 amide bonds. The molecule has 2 atom stereocenters. The van der Waals surface area contributed by atoms with Crippen LogP contribution in [0, 0.1) is 0 Å². The van der Waals surface area contributed by atoms with Crippen LogP contribution in [-0.2, 0) is 11.3 Å². The van der Waals surface area contributed by atoms with E-state index in [2.05, 4.69) is 40.5 Å². The van der Waals surface area contributed by atoms with Crippen molar-refractivity contribution in [3.8, 4) is 0 Å². The molecule has 2 aliphatic heterocycles. The minimum atomic E-state index is 0.240. The van der Waals surface area contributed by atoms with Crippen molar-refractivity contribution in [3.05, 3.63) is 35.9 Å². The first kappa shape index (κ1) is 11.7. The van der Waals surface area contributed by atoms with Crippen molar-refractivity contribution < 1.29 is 4.79 Å². The summed E-state index contributed by atoms with van der Waals surface area (Å²) in [5, 5.41) is 3.18. The van der Waals surface area contributed by atoms with Crippen molar-refractivity contribution >= 4 is 5.91 Å². The molecule has 2 fully saturated rings. The lowest BCUT2D eigenvalue weighted by Crippen LogP contribution is -2.42. The van der Waals surface area contributed by atoms with Gasteiger partial charge in [-0.2, -0.15) is 0 Å². The number of amides is 1. The van der Waals surface area contributed by atoms with Crippen molar-refractivity contribution in [2.75, 3.05) is 6.54 Å². The predicted molar refractivity (Wildman–Crippen MR) is 71.0 cm³/mol. The number of hydrogen-bond acceptors (Lipinski definition) is 2. The van der Waals surface area contributed by atoms with E-state index in [9.17, 15) is 4.79 Å². The van der Waals surface area contributed by atoms with Gasteiger partial charge in [0.1, 0.15) is 0 Å². The summed E-state index contributed by atoms with van der Waals surface area (Å²) in [5.41, 5.74) is 1.37. The molecule has 0 spiro atoms. The summed E-state index contributed by atoms with van der Waals surface area (Å²) in [7, 11) is 0. The standard InChI is InChI=1S/C15H20N2O/c18-15-8-4-7-14-13(16-15)9-10-17(14)11-12-5-2-1-3-6-12/h1-3,5-6,13-14H,4,7-11H2,(H,16,18)/t13-,14+/m1/s1. The van der Waals surface area contributed by atoms with Crippen molar-refractivity contribution in [2.24, 2.45) is 0 Å². The zero-order valence-electron chi connectivity index (χ0n) is 10.6. The van der Waals surface area contributed by atoms with Gasteiger partial charge in [-0.1, -0.05) is 30.3 Å². The molecule has 0 bridgehead atoms. The van der Waals surface area contributed by atoms with Gasteiger partial charge in [-0.05, 0) is 24.8 Å². The van der Waals surface area contributed by atoms with E-state index in [1.54, 1.807) is 0 Å². The minimum Gasteiger partial charge on any atom is -0.352 e. The number of carbonyl (C=O) groups excluding carboxylic acids is 1. The molecule has 1 aromatic carbocycles. The van der Waals surface area contributed by atoms with Gasteiger partial charge in [-0.15, -0.1) is 0 Å². The normalized spacial score (nSPS) is 28.6. The van der Waals surface area contributed by atoms with Crippen molar-refractivity contribution in [1.29, 1.82) is 0 Å². The maximum Gasteiger partial charge on any atom is 0.220 e. The molecule has 3 heteroatoms. The highest BCUT2D eigenvalue weighted by molar-refractivity contribution is 5.76. The Morgan fingerprint density at radius 3 is 2.89 bits per heavy atom. The van der Waals surface area contributed by atoms with Crippen LogP contribution in [0.3, 0.4) is 0 Å². The Kier molecular flexibility index (Phi) is 3.33. The zero-order chi connectivity index (χ0) is 12.4. The third kappa shape index (κ3) is 2.41. The number of benzene rings is 1. The third-order valence-corrected chi connectivity index (χ3v) is 4.14. The SMILES string of the molecule is O=C1CCC[C@H]2[C@@H](CCN2Cc2ccccc2)N1. The average molecular weight is 244 g/mol. The first-order valence-corrected chi connectivity index (χ1v) is 6.90.